The number of sulfonamides is 1. The fourth-order valence-corrected chi connectivity index (χ4v) is 3.80. The van der Waals surface area contributed by atoms with Gasteiger partial charge in [0.1, 0.15) is 0 Å². The smallest absolute Gasteiger partial charge is 0.240 e. The molecule has 0 aliphatic carbocycles. The second kappa shape index (κ2) is 8.10. The molecule has 0 amide bonds. The Balaban J connectivity index is 0.00000220. The third kappa shape index (κ3) is 4.93. The van der Waals surface area contributed by atoms with Crippen LogP contribution in [-0.2, 0) is 21.4 Å². The van der Waals surface area contributed by atoms with E-state index in [1.54, 1.807) is 25.3 Å². The molecule has 2 rings (SSSR count). The Morgan fingerprint density at radius 3 is 2.86 bits per heavy atom. The molecule has 1 heterocycles. The van der Waals surface area contributed by atoms with Crippen molar-refractivity contribution in [3.05, 3.63) is 29.8 Å². The fraction of sp³-hybridized carbons (Fsp3) is 0.571. The molecule has 21 heavy (non-hydrogen) atoms. The summed E-state index contributed by atoms with van der Waals surface area (Å²) in [6.45, 7) is 4.11. The van der Waals surface area contributed by atoms with Crippen LogP contribution in [0.4, 0.5) is 0 Å². The molecule has 2 N–H and O–H groups in total. The molecule has 1 aromatic rings. The molecule has 0 bridgehead atoms. The lowest BCUT2D eigenvalue weighted by Crippen LogP contribution is -2.50. The van der Waals surface area contributed by atoms with Crippen LogP contribution in [0.25, 0.3) is 0 Å². The van der Waals surface area contributed by atoms with E-state index < -0.39 is 10.0 Å². The average Bonchev–Trinajstić information content (AvgIpc) is 2.42. The standard InChI is InChI=1S/C14H22N2O3S.ClH/c1-11-6-7-15-9-14(11)16-20(17,18)13-5-3-4-12(8-13)10-19-2;/h3-5,8,11,14-16H,6-7,9-10H2,1-2H3;1H. The first-order valence-corrected chi connectivity index (χ1v) is 8.32. The van der Waals surface area contributed by atoms with E-state index >= 15 is 0 Å². The molecule has 1 aromatic carbocycles. The van der Waals surface area contributed by atoms with Crippen LogP contribution in [0.1, 0.15) is 18.9 Å². The number of hydrogen-bond donors (Lipinski definition) is 2. The molecule has 1 aliphatic heterocycles. The van der Waals surface area contributed by atoms with E-state index in [4.69, 9.17) is 4.74 Å². The summed E-state index contributed by atoms with van der Waals surface area (Å²) in [5, 5.41) is 3.22. The summed E-state index contributed by atoms with van der Waals surface area (Å²) in [6.07, 6.45) is 0.983. The lowest BCUT2D eigenvalue weighted by atomic mass is 9.96. The Kier molecular flexibility index (Phi) is 7.09. The van der Waals surface area contributed by atoms with Crippen molar-refractivity contribution < 1.29 is 13.2 Å². The van der Waals surface area contributed by atoms with Gasteiger partial charge in [0.05, 0.1) is 11.5 Å². The minimum Gasteiger partial charge on any atom is -0.380 e. The van der Waals surface area contributed by atoms with Gasteiger partial charge in [-0.2, -0.15) is 0 Å². The number of rotatable bonds is 5. The summed E-state index contributed by atoms with van der Waals surface area (Å²) in [6, 6.07) is 6.81. The van der Waals surface area contributed by atoms with Gasteiger partial charge in [0.2, 0.25) is 10.0 Å². The highest BCUT2D eigenvalue weighted by Gasteiger charge is 2.26. The second-order valence-corrected chi connectivity index (χ2v) is 6.99. The van der Waals surface area contributed by atoms with Gasteiger partial charge >= 0.3 is 0 Å². The quantitative estimate of drug-likeness (QED) is 0.857. The van der Waals surface area contributed by atoms with Gasteiger partial charge in [0, 0.05) is 19.7 Å². The zero-order valence-electron chi connectivity index (χ0n) is 12.3. The van der Waals surface area contributed by atoms with Gasteiger partial charge in [0.25, 0.3) is 0 Å². The van der Waals surface area contributed by atoms with Crippen molar-refractivity contribution in [2.75, 3.05) is 20.2 Å². The summed E-state index contributed by atoms with van der Waals surface area (Å²) in [4.78, 5) is 0.296. The number of nitrogens with one attached hydrogen (secondary N) is 2. The average molecular weight is 335 g/mol. The van der Waals surface area contributed by atoms with E-state index in [-0.39, 0.29) is 18.4 Å². The van der Waals surface area contributed by atoms with Crippen LogP contribution in [0.5, 0.6) is 0 Å². The van der Waals surface area contributed by atoms with Crippen molar-refractivity contribution in [1.29, 1.82) is 0 Å². The number of ether oxygens (including phenoxy) is 1. The summed E-state index contributed by atoms with van der Waals surface area (Å²) in [5.74, 6) is 0.341. The van der Waals surface area contributed by atoms with Crippen molar-refractivity contribution in [2.24, 2.45) is 5.92 Å². The van der Waals surface area contributed by atoms with Crippen molar-refractivity contribution in [1.82, 2.24) is 10.0 Å². The zero-order chi connectivity index (χ0) is 14.6. The Bertz CT molecular complexity index is 551. The predicted octanol–water partition coefficient (Wildman–Crippen LogP) is 1.53. The van der Waals surface area contributed by atoms with E-state index in [2.05, 4.69) is 17.0 Å². The predicted molar refractivity (Wildman–Crippen MR) is 85.2 cm³/mol. The molecule has 1 saturated heterocycles. The molecule has 5 nitrogen and oxygen atoms in total. The van der Waals surface area contributed by atoms with Gasteiger partial charge in [-0.3, -0.25) is 0 Å². The van der Waals surface area contributed by atoms with Crippen molar-refractivity contribution in [3.8, 4) is 0 Å². The van der Waals surface area contributed by atoms with Crippen LogP contribution in [0.15, 0.2) is 29.2 Å². The topological polar surface area (TPSA) is 67.4 Å². The summed E-state index contributed by atoms with van der Waals surface area (Å²) >= 11 is 0. The van der Waals surface area contributed by atoms with Gasteiger partial charge < -0.3 is 10.1 Å². The summed E-state index contributed by atoms with van der Waals surface area (Å²) in [5.41, 5.74) is 0.852. The first-order valence-electron chi connectivity index (χ1n) is 6.84. The highest BCUT2D eigenvalue weighted by atomic mass is 35.5. The minimum absolute atomic E-state index is 0. The molecule has 1 fully saturated rings. The Morgan fingerprint density at radius 1 is 1.43 bits per heavy atom. The highest BCUT2D eigenvalue weighted by Crippen LogP contribution is 2.17. The van der Waals surface area contributed by atoms with Crippen LogP contribution in [0.2, 0.25) is 0 Å². The molecule has 0 aromatic heterocycles. The molecule has 2 atom stereocenters. The maximum atomic E-state index is 12.4. The maximum Gasteiger partial charge on any atom is 0.240 e. The van der Waals surface area contributed by atoms with Crippen LogP contribution in [-0.4, -0.2) is 34.7 Å². The highest BCUT2D eigenvalue weighted by molar-refractivity contribution is 7.89. The van der Waals surface area contributed by atoms with Crippen molar-refractivity contribution >= 4 is 22.4 Å². The molecule has 1 aliphatic rings. The molecule has 7 heteroatoms. The zero-order valence-corrected chi connectivity index (χ0v) is 14.0. The van der Waals surface area contributed by atoms with E-state index in [1.165, 1.54) is 0 Å². The minimum atomic E-state index is -3.48. The van der Waals surface area contributed by atoms with Crippen LogP contribution in [0.3, 0.4) is 0 Å². The fourth-order valence-electron chi connectivity index (χ4n) is 2.38. The van der Waals surface area contributed by atoms with Gasteiger partial charge in [0.15, 0.2) is 0 Å². The van der Waals surface area contributed by atoms with Gasteiger partial charge in [-0.25, -0.2) is 13.1 Å². The number of halogens is 1. The number of hydrogen-bond acceptors (Lipinski definition) is 4. The van der Waals surface area contributed by atoms with Crippen molar-refractivity contribution in [2.45, 2.75) is 30.9 Å². The van der Waals surface area contributed by atoms with Crippen LogP contribution in [0, 0.1) is 5.92 Å². The molecule has 2 unspecified atom stereocenters. The largest absolute Gasteiger partial charge is 0.380 e. The lowest BCUT2D eigenvalue weighted by molar-refractivity contribution is 0.184. The van der Waals surface area contributed by atoms with Crippen LogP contribution < -0.4 is 10.0 Å². The van der Waals surface area contributed by atoms with E-state index in [9.17, 15) is 8.42 Å². The normalized spacial score (nSPS) is 22.6. The van der Waals surface area contributed by atoms with Crippen LogP contribution >= 0.6 is 12.4 Å². The van der Waals surface area contributed by atoms with Gasteiger partial charge in [-0.05, 0) is 36.6 Å². The third-order valence-electron chi connectivity index (χ3n) is 3.65. The first-order chi connectivity index (χ1) is 9.53. The number of piperidine rings is 1. The summed E-state index contributed by atoms with van der Waals surface area (Å²) < 4.78 is 32.7. The first kappa shape index (κ1) is 18.4. The lowest BCUT2D eigenvalue weighted by Gasteiger charge is -2.30. The number of methoxy groups -OCH3 is 1. The molecule has 0 spiro atoms. The van der Waals surface area contributed by atoms with E-state index in [1.807, 2.05) is 6.07 Å². The molecular formula is C14H23ClN2O3S. The van der Waals surface area contributed by atoms with Gasteiger partial charge in [-0.1, -0.05) is 19.1 Å². The van der Waals surface area contributed by atoms with E-state index in [0.29, 0.717) is 24.0 Å². The van der Waals surface area contributed by atoms with Gasteiger partial charge in [-0.15, -0.1) is 12.4 Å². The molecular weight excluding hydrogens is 312 g/mol. The maximum absolute atomic E-state index is 12.4. The Morgan fingerprint density at radius 2 is 2.19 bits per heavy atom. The van der Waals surface area contributed by atoms with E-state index in [0.717, 1.165) is 18.5 Å². The molecule has 0 radical (unpaired) electrons. The Hall–Kier alpha value is -0.660. The summed E-state index contributed by atoms with van der Waals surface area (Å²) in [7, 11) is -1.89. The number of benzene rings is 1. The molecule has 0 saturated carbocycles. The molecule has 120 valence electrons. The SMILES string of the molecule is COCc1cccc(S(=O)(=O)NC2CNCCC2C)c1.Cl. The third-order valence-corrected chi connectivity index (χ3v) is 5.14. The Labute approximate surface area is 132 Å². The van der Waals surface area contributed by atoms with Crippen molar-refractivity contribution in [3.63, 3.8) is 0 Å². The second-order valence-electron chi connectivity index (χ2n) is 5.28. The monoisotopic (exact) mass is 334 g/mol.